The van der Waals surface area contributed by atoms with Gasteiger partial charge in [-0.15, -0.1) is 0 Å². The Morgan fingerprint density at radius 3 is 1.96 bits per heavy atom. The summed E-state index contributed by atoms with van der Waals surface area (Å²) in [6.07, 6.45) is 9.09. The molecule has 0 N–H and O–H groups in total. The van der Waals surface area contributed by atoms with Crippen LogP contribution in [0.5, 0.6) is 0 Å². The van der Waals surface area contributed by atoms with Crippen LogP contribution < -0.4 is 0 Å². The Morgan fingerprint density at radius 1 is 0.875 bits per heavy atom. The molecule has 0 fully saturated rings. The third-order valence-corrected chi connectivity index (χ3v) is 4.66. The van der Waals surface area contributed by atoms with Crippen molar-refractivity contribution in [1.29, 1.82) is 0 Å². The van der Waals surface area contributed by atoms with Gasteiger partial charge in [0.2, 0.25) is 0 Å². The average molecular weight is 340 g/mol. The number of benzene rings is 1. The second-order valence-electron chi connectivity index (χ2n) is 6.30. The molecule has 1 atom stereocenters. The number of rotatable bonds is 13. The van der Waals surface area contributed by atoms with E-state index in [1.54, 1.807) is 21.3 Å². The first-order valence-electron chi connectivity index (χ1n) is 9.01. The summed E-state index contributed by atoms with van der Waals surface area (Å²) in [4.78, 5) is 0. The van der Waals surface area contributed by atoms with E-state index >= 15 is 0 Å². The molecule has 1 unspecified atom stereocenters. The van der Waals surface area contributed by atoms with Gasteiger partial charge in [0.05, 0.1) is 0 Å². The first kappa shape index (κ1) is 21.1. The van der Waals surface area contributed by atoms with Crippen LogP contribution in [-0.2, 0) is 20.6 Å². The van der Waals surface area contributed by atoms with Gasteiger partial charge in [-0.2, -0.15) is 0 Å². The van der Waals surface area contributed by atoms with E-state index in [4.69, 9.17) is 14.2 Å². The predicted molar refractivity (Wildman–Crippen MR) is 95.3 cm³/mol. The fourth-order valence-electron chi connectivity index (χ4n) is 3.23. The van der Waals surface area contributed by atoms with Crippen LogP contribution in [0.15, 0.2) is 24.3 Å². The molecule has 0 saturated carbocycles. The Balaban J connectivity index is 2.69. The van der Waals surface area contributed by atoms with E-state index in [0.29, 0.717) is 0 Å². The number of ether oxygens (including phenoxy) is 3. The van der Waals surface area contributed by atoms with Crippen molar-refractivity contribution >= 4 is 0 Å². The summed E-state index contributed by atoms with van der Waals surface area (Å²) < 4.78 is 29.8. The van der Waals surface area contributed by atoms with E-state index in [0.717, 1.165) is 24.8 Å². The van der Waals surface area contributed by atoms with Crippen molar-refractivity contribution in [2.75, 3.05) is 21.3 Å². The standard InChI is InChI=1S/C20H33FO3/c1-5-6-7-8-9-10-11-18(20(22-2,23-3)24-4)16-17-12-14-19(21)15-13-17/h12-15,18H,5-11,16H2,1-4H3. The highest BCUT2D eigenvalue weighted by molar-refractivity contribution is 5.17. The molecule has 4 heteroatoms. The van der Waals surface area contributed by atoms with Gasteiger partial charge in [0.25, 0.3) is 5.97 Å². The number of hydrogen-bond acceptors (Lipinski definition) is 3. The predicted octanol–water partition coefficient (Wildman–Crippen LogP) is 5.33. The molecule has 1 aromatic rings. The number of halogens is 1. The molecule has 0 bridgehead atoms. The van der Waals surface area contributed by atoms with Gasteiger partial charge in [0.1, 0.15) is 5.82 Å². The van der Waals surface area contributed by atoms with Crippen molar-refractivity contribution in [2.24, 2.45) is 5.92 Å². The van der Waals surface area contributed by atoms with Crippen LogP contribution in [0.3, 0.4) is 0 Å². The molecular formula is C20H33FO3. The van der Waals surface area contributed by atoms with Crippen LogP contribution in [0.4, 0.5) is 4.39 Å². The van der Waals surface area contributed by atoms with Gasteiger partial charge in [0, 0.05) is 27.2 Å². The van der Waals surface area contributed by atoms with Crippen molar-refractivity contribution in [2.45, 2.75) is 64.3 Å². The fraction of sp³-hybridized carbons (Fsp3) is 0.700. The molecule has 0 spiro atoms. The summed E-state index contributed by atoms with van der Waals surface area (Å²) in [5.41, 5.74) is 1.06. The molecule has 138 valence electrons. The normalized spacial score (nSPS) is 13.2. The highest BCUT2D eigenvalue weighted by atomic mass is 19.1. The summed E-state index contributed by atoms with van der Waals surface area (Å²) in [6, 6.07) is 6.61. The minimum atomic E-state index is -1.06. The molecule has 0 radical (unpaired) electrons. The van der Waals surface area contributed by atoms with Crippen LogP contribution in [-0.4, -0.2) is 27.3 Å². The molecular weight excluding hydrogens is 307 g/mol. The van der Waals surface area contributed by atoms with E-state index in [1.165, 1.54) is 44.2 Å². The molecule has 3 nitrogen and oxygen atoms in total. The van der Waals surface area contributed by atoms with Crippen LogP contribution in [0.25, 0.3) is 0 Å². The fourth-order valence-corrected chi connectivity index (χ4v) is 3.23. The van der Waals surface area contributed by atoms with Crippen molar-refractivity contribution < 1.29 is 18.6 Å². The van der Waals surface area contributed by atoms with Gasteiger partial charge in [-0.1, -0.05) is 57.6 Å². The average Bonchev–Trinajstić information content (AvgIpc) is 2.61. The van der Waals surface area contributed by atoms with Crippen LogP contribution in [0.1, 0.15) is 57.4 Å². The molecule has 0 saturated heterocycles. The van der Waals surface area contributed by atoms with Gasteiger partial charge in [-0.25, -0.2) is 4.39 Å². The summed E-state index contributed by atoms with van der Waals surface area (Å²) in [5.74, 6) is -1.23. The second kappa shape index (κ2) is 11.6. The first-order chi connectivity index (χ1) is 11.6. The highest BCUT2D eigenvalue weighted by Crippen LogP contribution is 2.31. The van der Waals surface area contributed by atoms with Gasteiger partial charge in [-0.05, 0) is 30.5 Å². The Bertz CT molecular complexity index is 421. The number of unbranched alkanes of at least 4 members (excludes halogenated alkanes) is 5. The van der Waals surface area contributed by atoms with Crippen molar-refractivity contribution in [3.05, 3.63) is 35.6 Å². The molecule has 1 rings (SSSR count). The Labute approximate surface area is 146 Å². The summed E-state index contributed by atoms with van der Waals surface area (Å²) in [7, 11) is 4.81. The van der Waals surface area contributed by atoms with Crippen LogP contribution in [0.2, 0.25) is 0 Å². The first-order valence-corrected chi connectivity index (χ1v) is 9.01. The third kappa shape index (κ3) is 6.50. The maximum absolute atomic E-state index is 13.1. The molecule has 0 aromatic heterocycles. The lowest BCUT2D eigenvalue weighted by Gasteiger charge is -2.36. The van der Waals surface area contributed by atoms with E-state index in [1.807, 2.05) is 12.1 Å². The van der Waals surface area contributed by atoms with Crippen molar-refractivity contribution in [1.82, 2.24) is 0 Å². The highest BCUT2D eigenvalue weighted by Gasteiger charge is 2.39. The second-order valence-corrected chi connectivity index (χ2v) is 6.30. The molecule has 0 aliphatic heterocycles. The quantitative estimate of drug-likeness (QED) is 0.359. The smallest absolute Gasteiger partial charge is 0.285 e. The molecule has 24 heavy (non-hydrogen) atoms. The Kier molecular flexibility index (Phi) is 10.2. The molecule has 0 aliphatic carbocycles. The summed E-state index contributed by atoms with van der Waals surface area (Å²) >= 11 is 0. The SMILES string of the molecule is CCCCCCCCC(Cc1ccc(F)cc1)C(OC)(OC)OC. The van der Waals surface area contributed by atoms with Gasteiger partial charge in [-0.3, -0.25) is 0 Å². The molecule has 0 heterocycles. The van der Waals surface area contributed by atoms with Crippen LogP contribution in [0, 0.1) is 11.7 Å². The lowest BCUT2D eigenvalue weighted by Crippen LogP contribution is -2.45. The largest absolute Gasteiger partial charge is 0.331 e. The minimum Gasteiger partial charge on any atom is -0.331 e. The van der Waals surface area contributed by atoms with E-state index in [-0.39, 0.29) is 11.7 Å². The number of hydrogen-bond donors (Lipinski definition) is 0. The Morgan fingerprint density at radius 2 is 1.42 bits per heavy atom. The van der Waals surface area contributed by atoms with Gasteiger partial charge in [0.15, 0.2) is 0 Å². The molecule has 0 aliphatic rings. The van der Waals surface area contributed by atoms with Crippen molar-refractivity contribution in [3.8, 4) is 0 Å². The topological polar surface area (TPSA) is 27.7 Å². The third-order valence-electron chi connectivity index (χ3n) is 4.66. The maximum Gasteiger partial charge on any atom is 0.285 e. The summed E-state index contributed by atoms with van der Waals surface area (Å²) in [5, 5.41) is 0. The van der Waals surface area contributed by atoms with Crippen LogP contribution >= 0.6 is 0 Å². The monoisotopic (exact) mass is 340 g/mol. The molecule has 1 aromatic carbocycles. The lowest BCUT2D eigenvalue weighted by atomic mass is 9.91. The zero-order valence-electron chi connectivity index (χ0n) is 15.6. The van der Waals surface area contributed by atoms with Crippen molar-refractivity contribution in [3.63, 3.8) is 0 Å². The zero-order valence-corrected chi connectivity index (χ0v) is 15.6. The van der Waals surface area contributed by atoms with E-state index < -0.39 is 5.97 Å². The maximum atomic E-state index is 13.1. The Hall–Kier alpha value is -0.970. The number of methoxy groups -OCH3 is 3. The summed E-state index contributed by atoms with van der Waals surface area (Å²) in [6.45, 7) is 2.23. The minimum absolute atomic E-state index is 0.0501. The lowest BCUT2D eigenvalue weighted by molar-refractivity contribution is -0.379. The molecule has 0 amide bonds. The van der Waals surface area contributed by atoms with Gasteiger partial charge < -0.3 is 14.2 Å². The van der Waals surface area contributed by atoms with E-state index in [2.05, 4.69) is 6.92 Å². The van der Waals surface area contributed by atoms with Gasteiger partial charge >= 0.3 is 0 Å². The zero-order chi connectivity index (χ0) is 17.8. The van der Waals surface area contributed by atoms with E-state index in [9.17, 15) is 4.39 Å².